The lowest BCUT2D eigenvalue weighted by molar-refractivity contribution is -0.141. The van der Waals surface area contributed by atoms with Gasteiger partial charge in [0.05, 0.1) is 55.6 Å². The lowest BCUT2D eigenvalue weighted by atomic mass is 10.1. The van der Waals surface area contributed by atoms with Gasteiger partial charge in [0, 0.05) is 28.9 Å². The van der Waals surface area contributed by atoms with Crippen LogP contribution in [0, 0.1) is 0 Å². The smallest absolute Gasteiger partial charge is 0.308 e. The molecule has 198 valence electrons. The molecule has 0 aliphatic heterocycles. The van der Waals surface area contributed by atoms with Gasteiger partial charge in [0.1, 0.15) is 0 Å². The molecule has 10 nitrogen and oxygen atoms in total. The highest BCUT2D eigenvalue weighted by Gasteiger charge is 2.24. The minimum absolute atomic E-state index is 0.0535. The predicted molar refractivity (Wildman–Crippen MR) is 146 cm³/mol. The normalized spacial score (nSPS) is 11.8. The van der Waals surface area contributed by atoms with Crippen LogP contribution in [-0.2, 0) is 22.6 Å². The zero-order valence-electron chi connectivity index (χ0n) is 21.0. The van der Waals surface area contributed by atoms with Crippen LogP contribution in [0.4, 0.5) is 0 Å². The topological polar surface area (TPSA) is 124 Å². The van der Waals surface area contributed by atoms with E-state index in [9.17, 15) is 14.4 Å². The molecule has 1 unspecified atom stereocenters. The summed E-state index contributed by atoms with van der Waals surface area (Å²) < 4.78 is 8.14. The second-order valence-electron chi connectivity index (χ2n) is 9.01. The Labute approximate surface area is 228 Å². The molecule has 39 heavy (non-hydrogen) atoms. The van der Waals surface area contributed by atoms with Gasteiger partial charge in [-0.3, -0.25) is 24.2 Å². The number of aromatic nitrogens is 5. The molecule has 0 radical (unpaired) electrons. The van der Waals surface area contributed by atoms with Crippen LogP contribution in [0.25, 0.3) is 10.9 Å². The summed E-state index contributed by atoms with van der Waals surface area (Å²) >= 11 is 6.16. The van der Waals surface area contributed by atoms with Gasteiger partial charge in [-0.05, 0) is 35.4 Å². The predicted octanol–water partition coefficient (Wildman–Crippen LogP) is 3.71. The molecule has 0 aliphatic carbocycles. The number of methoxy groups -OCH3 is 1. The molecular weight excluding hydrogens is 520 g/mol. The molecule has 0 saturated heterocycles. The molecule has 2 aromatic carbocycles. The Hall–Kier alpha value is -4.70. The first kappa shape index (κ1) is 25.9. The molecule has 0 fully saturated rings. The third-order valence-electron chi connectivity index (χ3n) is 6.31. The van der Waals surface area contributed by atoms with Gasteiger partial charge in [-0.25, -0.2) is 0 Å². The Morgan fingerprint density at radius 1 is 1.08 bits per heavy atom. The van der Waals surface area contributed by atoms with Crippen molar-refractivity contribution in [3.63, 3.8) is 0 Å². The van der Waals surface area contributed by atoms with E-state index < -0.39 is 17.9 Å². The summed E-state index contributed by atoms with van der Waals surface area (Å²) in [6.07, 6.45) is 4.78. The number of pyridine rings is 1. The van der Waals surface area contributed by atoms with Crippen molar-refractivity contribution >= 4 is 34.4 Å². The highest BCUT2D eigenvalue weighted by Crippen LogP contribution is 2.27. The van der Waals surface area contributed by atoms with Crippen LogP contribution in [0.3, 0.4) is 0 Å². The molecule has 1 amide bonds. The van der Waals surface area contributed by atoms with Gasteiger partial charge in [-0.2, -0.15) is 10.2 Å². The van der Waals surface area contributed by atoms with E-state index in [1.165, 1.54) is 19.4 Å². The molecule has 0 aliphatic rings. The van der Waals surface area contributed by atoms with Crippen LogP contribution in [0.2, 0.25) is 5.02 Å². The van der Waals surface area contributed by atoms with Gasteiger partial charge < -0.3 is 14.6 Å². The van der Waals surface area contributed by atoms with Gasteiger partial charge in [0.15, 0.2) is 0 Å². The van der Waals surface area contributed by atoms with Crippen molar-refractivity contribution in [2.75, 3.05) is 7.11 Å². The number of H-pyrrole nitrogens is 1. The number of benzene rings is 2. The van der Waals surface area contributed by atoms with Crippen LogP contribution in [0.5, 0.6) is 0 Å². The third kappa shape index (κ3) is 6.07. The molecule has 0 spiro atoms. The van der Waals surface area contributed by atoms with Crippen molar-refractivity contribution in [3.05, 3.63) is 117 Å². The highest BCUT2D eigenvalue weighted by molar-refractivity contribution is 6.31. The number of fused-ring (bicyclic) bond motifs is 1. The largest absolute Gasteiger partial charge is 0.469 e. The van der Waals surface area contributed by atoms with Gasteiger partial charge >= 0.3 is 5.97 Å². The average molecular weight is 545 g/mol. The lowest BCUT2D eigenvalue weighted by Crippen LogP contribution is -2.30. The standard InChI is InChI=1S/C28H25ClN6O4/c1-39-26(37)13-24(27-22-12-21(29)9-10-23(22)32-33-27)31-28(38)20-14-30-35(17-20)16-19-7-5-18(6-8-19)15-34-11-3-2-4-25(34)36/h2-12,14,17,24H,13,15-16H2,1H3,(H,31,38)(H,32,33). The van der Waals surface area contributed by atoms with Gasteiger partial charge in [-0.15, -0.1) is 0 Å². The number of hydrogen-bond donors (Lipinski definition) is 2. The molecule has 5 aromatic rings. The summed E-state index contributed by atoms with van der Waals surface area (Å²) in [5.41, 5.74) is 3.48. The van der Waals surface area contributed by atoms with Gasteiger partial charge in [0.2, 0.25) is 0 Å². The van der Waals surface area contributed by atoms with Crippen LogP contribution in [0.1, 0.15) is 39.6 Å². The summed E-state index contributed by atoms with van der Waals surface area (Å²) in [6.45, 7) is 0.935. The molecule has 0 saturated carbocycles. The maximum Gasteiger partial charge on any atom is 0.308 e. The Balaban J connectivity index is 1.28. The van der Waals surface area contributed by atoms with Crippen molar-refractivity contribution in [2.24, 2.45) is 0 Å². The maximum absolute atomic E-state index is 13.1. The summed E-state index contributed by atoms with van der Waals surface area (Å²) in [4.78, 5) is 37.2. The number of carbonyl (C=O) groups excluding carboxylic acids is 2. The number of amides is 1. The van der Waals surface area contributed by atoms with E-state index >= 15 is 0 Å². The fourth-order valence-electron chi connectivity index (χ4n) is 4.28. The summed E-state index contributed by atoms with van der Waals surface area (Å²) in [7, 11) is 1.29. The van der Waals surface area contributed by atoms with E-state index in [1.54, 1.807) is 45.9 Å². The minimum Gasteiger partial charge on any atom is -0.469 e. The van der Waals surface area contributed by atoms with E-state index in [1.807, 2.05) is 30.3 Å². The van der Waals surface area contributed by atoms with Crippen molar-refractivity contribution in [2.45, 2.75) is 25.6 Å². The zero-order chi connectivity index (χ0) is 27.4. The van der Waals surface area contributed by atoms with E-state index in [2.05, 4.69) is 20.6 Å². The number of hydrogen-bond acceptors (Lipinski definition) is 6. The van der Waals surface area contributed by atoms with Crippen molar-refractivity contribution in [1.29, 1.82) is 0 Å². The Bertz CT molecular complexity index is 1690. The average Bonchev–Trinajstić information content (AvgIpc) is 3.57. The van der Waals surface area contributed by atoms with E-state index in [0.717, 1.165) is 11.1 Å². The molecule has 11 heteroatoms. The van der Waals surface area contributed by atoms with Crippen LogP contribution in [0.15, 0.2) is 84.0 Å². The first-order valence-corrected chi connectivity index (χ1v) is 12.5. The second-order valence-corrected chi connectivity index (χ2v) is 9.45. The van der Waals surface area contributed by atoms with Crippen molar-refractivity contribution in [3.8, 4) is 0 Å². The minimum atomic E-state index is -0.721. The van der Waals surface area contributed by atoms with Crippen LogP contribution in [-0.4, -0.2) is 43.5 Å². The number of halogens is 1. The number of carbonyl (C=O) groups is 2. The van der Waals surface area contributed by atoms with Gasteiger partial charge in [-0.1, -0.05) is 41.9 Å². The highest BCUT2D eigenvalue weighted by atomic mass is 35.5. The summed E-state index contributed by atoms with van der Waals surface area (Å²) in [6, 6.07) is 17.4. The number of ether oxygens (including phenoxy) is 1. The summed E-state index contributed by atoms with van der Waals surface area (Å²) in [5, 5.41) is 15.6. The number of esters is 1. The van der Waals surface area contributed by atoms with Gasteiger partial charge in [0.25, 0.3) is 11.5 Å². The monoisotopic (exact) mass is 544 g/mol. The van der Waals surface area contributed by atoms with E-state index in [-0.39, 0.29) is 12.0 Å². The molecule has 5 rings (SSSR count). The molecule has 3 heterocycles. The Morgan fingerprint density at radius 2 is 1.85 bits per heavy atom. The lowest BCUT2D eigenvalue weighted by Gasteiger charge is -2.16. The number of nitrogens with one attached hydrogen (secondary N) is 2. The van der Waals surface area contributed by atoms with E-state index in [0.29, 0.717) is 40.3 Å². The summed E-state index contributed by atoms with van der Waals surface area (Å²) in [5.74, 6) is -0.884. The van der Waals surface area contributed by atoms with E-state index in [4.69, 9.17) is 16.3 Å². The molecule has 3 aromatic heterocycles. The number of aromatic amines is 1. The quantitative estimate of drug-likeness (QED) is 0.273. The van der Waals surface area contributed by atoms with Crippen molar-refractivity contribution < 1.29 is 14.3 Å². The molecule has 1 atom stereocenters. The van der Waals surface area contributed by atoms with Crippen LogP contribution >= 0.6 is 11.6 Å². The first-order valence-electron chi connectivity index (χ1n) is 12.2. The third-order valence-corrected chi connectivity index (χ3v) is 6.55. The SMILES string of the molecule is COC(=O)CC(NC(=O)c1cnn(Cc2ccc(Cn3ccccc3=O)cc2)c1)c1[nH]nc2ccc(Cl)cc12. The second kappa shape index (κ2) is 11.4. The fraction of sp³-hybridized carbons (Fsp3) is 0.179. The molecular formula is C28H25ClN6O4. The number of nitrogens with zero attached hydrogens (tertiary/aromatic N) is 4. The zero-order valence-corrected chi connectivity index (χ0v) is 21.8. The Morgan fingerprint density at radius 3 is 2.59 bits per heavy atom. The van der Waals surface area contributed by atoms with Crippen LogP contribution < -0.4 is 10.9 Å². The molecule has 0 bridgehead atoms. The molecule has 2 N–H and O–H groups in total. The Kier molecular flexibility index (Phi) is 7.55. The van der Waals surface area contributed by atoms with Crippen molar-refractivity contribution in [1.82, 2.24) is 29.9 Å². The number of rotatable bonds is 9. The maximum atomic E-state index is 13.1. The fourth-order valence-corrected chi connectivity index (χ4v) is 4.45. The first-order chi connectivity index (χ1) is 18.9.